The lowest BCUT2D eigenvalue weighted by atomic mass is 9.54. The number of ether oxygens (including phenoxy) is 1. The van der Waals surface area contributed by atoms with Gasteiger partial charge in [0.2, 0.25) is 5.91 Å². The molecule has 31 heavy (non-hydrogen) atoms. The van der Waals surface area contributed by atoms with E-state index in [1.54, 1.807) is 6.07 Å². The van der Waals surface area contributed by atoms with Crippen molar-refractivity contribution in [3.8, 4) is 0 Å². The number of hydrogen-bond acceptors (Lipinski definition) is 3. The number of fused-ring (bicyclic) bond motifs is 5. The van der Waals surface area contributed by atoms with E-state index in [0.717, 1.165) is 44.1 Å². The maximum atomic E-state index is 14.4. The number of ketones is 1. The molecule has 1 amide bonds. The van der Waals surface area contributed by atoms with E-state index in [0.29, 0.717) is 68.6 Å². The molecule has 2 saturated carbocycles. The molecule has 0 bridgehead atoms. The van der Waals surface area contributed by atoms with E-state index in [1.165, 1.54) is 5.56 Å². The fourth-order valence-corrected chi connectivity index (χ4v) is 7.38. The number of carbonyl (C=O) groups excluding carboxylic acids is 2. The Labute approximate surface area is 184 Å². The van der Waals surface area contributed by atoms with Gasteiger partial charge >= 0.3 is 0 Å². The molecule has 5 atom stereocenters. The average Bonchev–Trinajstić information content (AvgIpc) is 3.04. The Morgan fingerprint density at radius 3 is 2.87 bits per heavy atom. The van der Waals surface area contributed by atoms with Crippen LogP contribution in [-0.4, -0.2) is 42.9 Å². The molecule has 0 aromatic heterocycles. The van der Waals surface area contributed by atoms with E-state index in [-0.39, 0.29) is 17.1 Å². The van der Waals surface area contributed by atoms with Crippen molar-refractivity contribution < 1.29 is 18.7 Å². The second kappa shape index (κ2) is 8.31. The van der Waals surface area contributed by atoms with Crippen molar-refractivity contribution in [2.75, 3.05) is 26.3 Å². The van der Waals surface area contributed by atoms with Crippen LogP contribution in [0.3, 0.4) is 0 Å². The fourth-order valence-electron chi connectivity index (χ4n) is 7.38. The molecular formula is C26H34FNO3. The van der Waals surface area contributed by atoms with Crippen LogP contribution in [0.2, 0.25) is 0 Å². The Hall–Kier alpha value is -1.75. The SMILES string of the molecule is C[C@]12CCC3c4cccc(F)c4CCC3C1[C@H](CCCC(=O)N1CCOCC1)CC2=O. The highest BCUT2D eigenvalue weighted by molar-refractivity contribution is 5.87. The largest absolute Gasteiger partial charge is 0.378 e. The molecule has 3 aliphatic carbocycles. The number of rotatable bonds is 4. The van der Waals surface area contributed by atoms with Gasteiger partial charge in [0, 0.05) is 31.3 Å². The van der Waals surface area contributed by atoms with E-state index in [1.807, 2.05) is 11.0 Å². The molecule has 5 rings (SSSR count). The van der Waals surface area contributed by atoms with Crippen LogP contribution in [0.15, 0.2) is 18.2 Å². The van der Waals surface area contributed by atoms with Crippen molar-refractivity contribution in [2.45, 2.75) is 64.2 Å². The van der Waals surface area contributed by atoms with Crippen molar-refractivity contribution in [1.82, 2.24) is 4.90 Å². The maximum absolute atomic E-state index is 14.4. The third kappa shape index (κ3) is 3.63. The monoisotopic (exact) mass is 427 g/mol. The molecule has 0 spiro atoms. The topological polar surface area (TPSA) is 46.6 Å². The summed E-state index contributed by atoms with van der Waals surface area (Å²) in [5.74, 6) is 2.14. The molecule has 0 radical (unpaired) electrons. The summed E-state index contributed by atoms with van der Waals surface area (Å²) in [4.78, 5) is 27.6. The molecule has 1 aliphatic heterocycles. The number of morpholine rings is 1. The minimum atomic E-state index is -0.231. The van der Waals surface area contributed by atoms with Crippen molar-refractivity contribution in [2.24, 2.45) is 23.2 Å². The summed E-state index contributed by atoms with van der Waals surface area (Å²) >= 11 is 0. The zero-order valence-electron chi connectivity index (χ0n) is 18.6. The van der Waals surface area contributed by atoms with E-state index in [2.05, 4.69) is 13.0 Å². The minimum absolute atomic E-state index is 0.0649. The van der Waals surface area contributed by atoms with Crippen molar-refractivity contribution in [1.29, 1.82) is 0 Å². The molecule has 5 heteroatoms. The van der Waals surface area contributed by atoms with Gasteiger partial charge in [-0.15, -0.1) is 0 Å². The zero-order valence-corrected chi connectivity index (χ0v) is 18.6. The van der Waals surface area contributed by atoms with Crippen LogP contribution in [0, 0.1) is 29.0 Å². The molecular weight excluding hydrogens is 393 g/mol. The first-order chi connectivity index (χ1) is 15.0. The van der Waals surface area contributed by atoms with Crippen LogP contribution in [0.25, 0.3) is 0 Å². The van der Waals surface area contributed by atoms with Crippen LogP contribution in [0.5, 0.6) is 0 Å². The van der Waals surface area contributed by atoms with E-state index in [4.69, 9.17) is 4.74 Å². The summed E-state index contributed by atoms with van der Waals surface area (Å²) in [5.41, 5.74) is 1.87. The van der Waals surface area contributed by atoms with E-state index >= 15 is 0 Å². The van der Waals surface area contributed by atoms with Crippen molar-refractivity contribution >= 4 is 11.7 Å². The molecule has 3 fully saturated rings. The Balaban J connectivity index is 1.30. The van der Waals surface area contributed by atoms with Gasteiger partial charge in [-0.25, -0.2) is 4.39 Å². The second-order valence-electron chi connectivity index (χ2n) is 10.4. The number of Topliss-reactive ketones (excluding diaryl/α,β-unsaturated/α-hetero) is 1. The van der Waals surface area contributed by atoms with Crippen LogP contribution in [-0.2, 0) is 20.7 Å². The quantitative estimate of drug-likeness (QED) is 0.711. The van der Waals surface area contributed by atoms with Gasteiger partial charge in [0.1, 0.15) is 11.6 Å². The number of nitrogens with zero attached hydrogens (tertiary/aromatic N) is 1. The predicted octanol–water partition coefficient (Wildman–Crippen LogP) is 4.51. The van der Waals surface area contributed by atoms with Crippen molar-refractivity contribution in [3.05, 3.63) is 35.1 Å². The van der Waals surface area contributed by atoms with Crippen LogP contribution < -0.4 is 0 Å². The van der Waals surface area contributed by atoms with Gasteiger partial charge in [0.15, 0.2) is 0 Å². The highest BCUT2D eigenvalue weighted by atomic mass is 19.1. The molecule has 1 heterocycles. The first-order valence-corrected chi connectivity index (χ1v) is 12.1. The van der Waals surface area contributed by atoms with Gasteiger partial charge in [-0.3, -0.25) is 9.59 Å². The number of benzene rings is 1. The highest BCUT2D eigenvalue weighted by Crippen LogP contribution is 2.62. The number of halogens is 1. The summed E-state index contributed by atoms with van der Waals surface area (Å²) in [6.45, 7) is 4.85. The van der Waals surface area contributed by atoms with Crippen LogP contribution >= 0.6 is 0 Å². The molecule has 168 valence electrons. The van der Waals surface area contributed by atoms with Crippen LogP contribution in [0.4, 0.5) is 4.39 Å². The summed E-state index contributed by atoms with van der Waals surface area (Å²) < 4.78 is 19.8. The number of hydrogen-bond donors (Lipinski definition) is 0. The van der Waals surface area contributed by atoms with Gasteiger partial charge in [0.25, 0.3) is 0 Å². The van der Waals surface area contributed by atoms with Gasteiger partial charge in [0.05, 0.1) is 13.2 Å². The van der Waals surface area contributed by atoms with Gasteiger partial charge in [-0.2, -0.15) is 0 Å². The molecule has 3 unspecified atom stereocenters. The summed E-state index contributed by atoms with van der Waals surface area (Å²) in [5, 5.41) is 0. The van der Waals surface area contributed by atoms with E-state index in [9.17, 15) is 14.0 Å². The molecule has 1 aromatic carbocycles. The third-order valence-electron chi connectivity index (χ3n) is 8.89. The summed E-state index contributed by atoms with van der Waals surface area (Å²) in [6.07, 6.45) is 6.69. The van der Waals surface area contributed by atoms with E-state index < -0.39 is 0 Å². The molecule has 1 aromatic rings. The first kappa shape index (κ1) is 21.1. The Bertz CT molecular complexity index is 864. The Morgan fingerprint density at radius 2 is 2.06 bits per heavy atom. The second-order valence-corrected chi connectivity index (χ2v) is 10.4. The lowest BCUT2D eigenvalue weighted by Gasteiger charge is -2.50. The Kier molecular flexibility index (Phi) is 5.66. The predicted molar refractivity (Wildman–Crippen MR) is 116 cm³/mol. The van der Waals surface area contributed by atoms with Crippen molar-refractivity contribution in [3.63, 3.8) is 0 Å². The molecule has 1 saturated heterocycles. The van der Waals surface area contributed by atoms with Gasteiger partial charge < -0.3 is 9.64 Å². The molecule has 0 N–H and O–H groups in total. The maximum Gasteiger partial charge on any atom is 0.222 e. The summed E-state index contributed by atoms with van der Waals surface area (Å²) in [6, 6.07) is 5.54. The third-order valence-corrected chi connectivity index (χ3v) is 8.89. The number of amides is 1. The lowest BCUT2D eigenvalue weighted by molar-refractivity contribution is -0.135. The average molecular weight is 428 g/mol. The zero-order chi connectivity index (χ0) is 21.6. The van der Waals surface area contributed by atoms with Gasteiger partial charge in [-0.1, -0.05) is 19.1 Å². The first-order valence-electron chi connectivity index (χ1n) is 12.1. The highest BCUT2D eigenvalue weighted by Gasteiger charge is 2.58. The smallest absolute Gasteiger partial charge is 0.222 e. The normalized spacial score (nSPS) is 34.8. The van der Waals surface area contributed by atoms with Gasteiger partial charge in [-0.05, 0) is 79.4 Å². The number of carbonyl (C=O) groups is 2. The lowest BCUT2D eigenvalue weighted by Crippen LogP contribution is -2.44. The minimum Gasteiger partial charge on any atom is -0.378 e. The van der Waals surface area contributed by atoms with Crippen LogP contribution in [0.1, 0.15) is 68.9 Å². The molecule has 4 aliphatic rings. The summed E-state index contributed by atoms with van der Waals surface area (Å²) in [7, 11) is 0. The standard InChI is InChI=1S/C26H34FNO3/c1-26-11-10-19-18-5-3-6-22(27)20(18)8-9-21(19)25(26)17(16-23(26)29)4-2-7-24(30)28-12-14-31-15-13-28/h3,5-6,17,19,21,25H,2,4,7-16H2,1H3/t17-,19?,21?,25?,26-/m1/s1. The fraction of sp³-hybridized carbons (Fsp3) is 0.692. The Morgan fingerprint density at radius 1 is 1.26 bits per heavy atom. The molecule has 4 nitrogen and oxygen atoms in total.